The summed E-state index contributed by atoms with van der Waals surface area (Å²) >= 11 is 0. The molecule has 0 saturated heterocycles. The largest absolute Gasteiger partial charge is 0.409 e. The Kier molecular flexibility index (Phi) is 3.87. The number of oxime groups is 1. The van der Waals surface area contributed by atoms with Crippen LogP contribution in [0.5, 0.6) is 0 Å². The highest BCUT2D eigenvalue weighted by atomic mass is 16.4. The summed E-state index contributed by atoms with van der Waals surface area (Å²) in [5, 5.41) is 11.7. The van der Waals surface area contributed by atoms with Crippen molar-refractivity contribution in [1.82, 2.24) is 4.90 Å². The van der Waals surface area contributed by atoms with Crippen molar-refractivity contribution in [3.8, 4) is 0 Å². The average Bonchev–Trinajstić information content (AvgIpc) is 3.20. The molecule has 4 heteroatoms. The van der Waals surface area contributed by atoms with Crippen LogP contribution < -0.4 is 5.73 Å². The monoisotopic (exact) mass is 247 g/mol. The first-order valence-electron chi connectivity index (χ1n) is 6.47. The molecule has 0 unspecified atom stereocenters. The van der Waals surface area contributed by atoms with E-state index in [2.05, 4.69) is 30.0 Å². The first kappa shape index (κ1) is 12.9. The number of hydrogen-bond donors (Lipinski definition) is 2. The second-order valence-electron chi connectivity index (χ2n) is 4.92. The summed E-state index contributed by atoms with van der Waals surface area (Å²) in [6.07, 6.45) is 2.66. The third kappa shape index (κ3) is 2.82. The quantitative estimate of drug-likeness (QED) is 0.362. The van der Waals surface area contributed by atoms with Crippen LogP contribution in [0.4, 0.5) is 0 Å². The maximum absolute atomic E-state index is 8.67. The lowest BCUT2D eigenvalue weighted by Gasteiger charge is -2.21. The molecule has 1 fully saturated rings. The van der Waals surface area contributed by atoms with Crippen LogP contribution in [0.15, 0.2) is 23.4 Å². The van der Waals surface area contributed by atoms with Gasteiger partial charge >= 0.3 is 0 Å². The first-order chi connectivity index (χ1) is 8.65. The summed E-state index contributed by atoms with van der Waals surface area (Å²) in [6, 6.07) is 6.75. The summed E-state index contributed by atoms with van der Waals surface area (Å²) in [4.78, 5) is 2.51. The molecular weight excluding hydrogens is 226 g/mol. The molecule has 1 saturated carbocycles. The van der Waals surface area contributed by atoms with Crippen molar-refractivity contribution in [3.63, 3.8) is 0 Å². The van der Waals surface area contributed by atoms with E-state index in [4.69, 9.17) is 10.9 Å². The fourth-order valence-electron chi connectivity index (χ4n) is 2.25. The van der Waals surface area contributed by atoms with Crippen LogP contribution in [-0.2, 0) is 6.54 Å². The minimum atomic E-state index is 0.166. The standard InChI is InChI=1S/C14H21N3O/c1-3-17(13-6-7-13)9-12-5-4-11(8-10(12)2)14(15)16-18/h4-5,8,13,18H,3,6-7,9H2,1-2H3,(H2,15,16). The van der Waals surface area contributed by atoms with Gasteiger partial charge in [0, 0.05) is 18.2 Å². The number of nitrogens with zero attached hydrogens (tertiary/aromatic N) is 2. The van der Waals surface area contributed by atoms with E-state index in [1.165, 1.54) is 24.0 Å². The van der Waals surface area contributed by atoms with Crippen molar-refractivity contribution in [3.05, 3.63) is 34.9 Å². The van der Waals surface area contributed by atoms with E-state index in [-0.39, 0.29) is 5.84 Å². The summed E-state index contributed by atoms with van der Waals surface area (Å²) < 4.78 is 0. The molecule has 0 atom stereocenters. The fraction of sp³-hybridized carbons (Fsp3) is 0.500. The van der Waals surface area contributed by atoms with E-state index in [0.29, 0.717) is 0 Å². The molecule has 98 valence electrons. The molecule has 18 heavy (non-hydrogen) atoms. The summed E-state index contributed by atoms with van der Waals surface area (Å²) in [6.45, 7) is 6.36. The Balaban J connectivity index is 2.14. The van der Waals surface area contributed by atoms with Crippen molar-refractivity contribution in [2.75, 3.05) is 6.54 Å². The maximum Gasteiger partial charge on any atom is 0.170 e. The third-order valence-electron chi connectivity index (χ3n) is 3.59. The predicted molar refractivity (Wildman–Crippen MR) is 72.8 cm³/mol. The van der Waals surface area contributed by atoms with Crippen LogP contribution in [-0.4, -0.2) is 28.5 Å². The van der Waals surface area contributed by atoms with Gasteiger partial charge in [-0.2, -0.15) is 0 Å². The zero-order chi connectivity index (χ0) is 13.1. The minimum absolute atomic E-state index is 0.166. The SMILES string of the molecule is CCN(Cc1ccc(/C(N)=N/O)cc1C)C1CC1. The van der Waals surface area contributed by atoms with Gasteiger partial charge in [-0.15, -0.1) is 0 Å². The summed E-state index contributed by atoms with van der Waals surface area (Å²) in [5.74, 6) is 0.166. The third-order valence-corrected chi connectivity index (χ3v) is 3.59. The molecule has 0 spiro atoms. The van der Waals surface area contributed by atoms with E-state index < -0.39 is 0 Å². The van der Waals surface area contributed by atoms with Crippen molar-refractivity contribution in [1.29, 1.82) is 0 Å². The van der Waals surface area contributed by atoms with Gasteiger partial charge in [0.1, 0.15) is 0 Å². The molecule has 0 bridgehead atoms. The highest BCUT2D eigenvalue weighted by molar-refractivity contribution is 5.97. The van der Waals surface area contributed by atoms with E-state index >= 15 is 0 Å². The van der Waals surface area contributed by atoms with Gasteiger partial charge < -0.3 is 10.9 Å². The van der Waals surface area contributed by atoms with Gasteiger partial charge in [-0.1, -0.05) is 24.2 Å². The van der Waals surface area contributed by atoms with Crippen molar-refractivity contribution >= 4 is 5.84 Å². The Bertz CT molecular complexity index is 452. The summed E-state index contributed by atoms with van der Waals surface area (Å²) in [5.41, 5.74) is 8.87. The molecule has 1 aromatic carbocycles. The van der Waals surface area contributed by atoms with Gasteiger partial charge in [0.2, 0.25) is 0 Å². The predicted octanol–water partition coefficient (Wildman–Crippen LogP) is 2.07. The molecule has 1 aliphatic carbocycles. The molecular formula is C14H21N3O. The van der Waals surface area contributed by atoms with Crippen LogP contribution in [0.1, 0.15) is 36.5 Å². The van der Waals surface area contributed by atoms with E-state index in [0.717, 1.165) is 24.7 Å². The Labute approximate surface area is 108 Å². The Morgan fingerprint density at radius 3 is 2.72 bits per heavy atom. The zero-order valence-electron chi connectivity index (χ0n) is 11.1. The molecule has 1 aliphatic rings. The van der Waals surface area contributed by atoms with Gasteiger partial charge in [0.05, 0.1) is 0 Å². The highest BCUT2D eigenvalue weighted by Crippen LogP contribution is 2.28. The van der Waals surface area contributed by atoms with Crippen LogP contribution in [0, 0.1) is 6.92 Å². The Hall–Kier alpha value is -1.55. The second-order valence-corrected chi connectivity index (χ2v) is 4.92. The number of rotatable bonds is 5. The van der Waals surface area contributed by atoms with Crippen LogP contribution in [0.3, 0.4) is 0 Å². The van der Waals surface area contributed by atoms with Gasteiger partial charge in [-0.3, -0.25) is 4.90 Å². The van der Waals surface area contributed by atoms with Gasteiger partial charge in [0.25, 0.3) is 0 Å². The normalized spacial score (nSPS) is 16.3. The zero-order valence-corrected chi connectivity index (χ0v) is 11.1. The minimum Gasteiger partial charge on any atom is -0.409 e. The van der Waals surface area contributed by atoms with Gasteiger partial charge in [-0.25, -0.2) is 0 Å². The molecule has 0 amide bonds. The lowest BCUT2D eigenvalue weighted by atomic mass is 10.0. The molecule has 0 aliphatic heterocycles. The fourth-order valence-corrected chi connectivity index (χ4v) is 2.25. The van der Waals surface area contributed by atoms with Crippen molar-refractivity contribution < 1.29 is 5.21 Å². The number of nitrogens with two attached hydrogens (primary N) is 1. The lowest BCUT2D eigenvalue weighted by molar-refractivity contribution is 0.269. The number of aryl methyl sites for hydroxylation is 1. The topological polar surface area (TPSA) is 61.8 Å². The van der Waals surface area contributed by atoms with E-state index in [9.17, 15) is 0 Å². The van der Waals surface area contributed by atoms with Gasteiger partial charge in [-0.05, 0) is 43.5 Å². The Morgan fingerprint density at radius 1 is 1.50 bits per heavy atom. The Morgan fingerprint density at radius 2 is 2.22 bits per heavy atom. The molecule has 0 aromatic heterocycles. The molecule has 0 radical (unpaired) electrons. The van der Waals surface area contributed by atoms with Crippen LogP contribution in [0.2, 0.25) is 0 Å². The summed E-state index contributed by atoms with van der Waals surface area (Å²) in [7, 11) is 0. The first-order valence-corrected chi connectivity index (χ1v) is 6.47. The smallest absolute Gasteiger partial charge is 0.170 e. The van der Waals surface area contributed by atoms with Crippen molar-refractivity contribution in [2.24, 2.45) is 10.9 Å². The molecule has 1 aromatic rings. The second kappa shape index (κ2) is 5.40. The highest BCUT2D eigenvalue weighted by Gasteiger charge is 2.27. The van der Waals surface area contributed by atoms with Crippen molar-refractivity contribution in [2.45, 2.75) is 39.3 Å². The lowest BCUT2D eigenvalue weighted by Crippen LogP contribution is -2.25. The maximum atomic E-state index is 8.67. The van der Waals surface area contributed by atoms with Gasteiger partial charge in [0.15, 0.2) is 5.84 Å². The molecule has 2 rings (SSSR count). The molecule has 4 nitrogen and oxygen atoms in total. The van der Waals surface area contributed by atoms with E-state index in [1.54, 1.807) is 0 Å². The number of benzene rings is 1. The molecule has 3 N–H and O–H groups in total. The van der Waals surface area contributed by atoms with Crippen LogP contribution >= 0.6 is 0 Å². The molecule has 0 heterocycles. The average molecular weight is 247 g/mol. The number of hydrogen-bond acceptors (Lipinski definition) is 3. The van der Waals surface area contributed by atoms with Crippen LogP contribution in [0.25, 0.3) is 0 Å². The van der Waals surface area contributed by atoms with E-state index in [1.807, 2.05) is 12.1 Å². The number of amidine groups is 1.